The molecule has 0 fully saturated rings. The van der Waals surface area contributed by atoms with E-state index in [1.54, 1.807) is 0 Å². The number of hydrogen-bond acceptors (Lipinski definition) is 2. The van der Waals surface area contributed by atoms with E-state index in [0.29, 0.717) is 14.7 Å². The van der Waals surface area contributed by atoms with Gasteiger partial charge in [0.15, 0.2) is 0 Å². The number of rotatable bonds is 2. The number of nitrogens with zero attached hydrogens (tertiary/aromatic N) is 2. The zero-order valence-electron chi connectivity index (χ0n) is 4.79. The van der Waals surface area contributed by atoms with Gasteiger partial charge in [-0.2, -0.15) is 0 Å². The number of aromatic nitrogens is 2. The van der Waals surface area contributed by atoms with Crippen LogP contribution >= 0.6 is 0 Å². The summed E-state index contributed by atoms with van der Waals surface area (Å²) in [7, 11) is 0. The molecule has 1 heterocycles. The van der Waals surface area contributed by atoms with Crippen LogP contribution in [-0.2, 0) is 6.42 Å². The summed E-state index contributed by atoms with van der Waals surface area (Å²) in [5.74, 6) is 0. The molecule has 0 aromatic carbocycles. The van der Waals surface area contributed by atoms with Gasteiger partial charge in [0.05, 0.1) is 0 Å². The number of hydrogen-bond donors (Lipinski definition) is 0. The first-order valence-electron chi connectivity index (χ1n) is 2.69. The third-order valence-electron chi connectivity index (χ3n) is 0.911. The second-order valence-electron chi connectivity index (χ2n) is 1.65. The molecule has 1 aromatic heterocycles. The van der Waals surface area contributed by atoms with Crippen LogP contribution in [0.4, 0.5) is 0 Å². The van der Waals surface area contributed by atoms with E-state index in [0.717, 1.165) is 6.42 Å². The van der Waals surface area contributed by atoms with Crippen molar-refractivity contribution in [3.05, 3.63) is 10.6 Å². The van der Waals surface area contributed by atoms with Gasteiger partial charge >= 0.3 is 54.3 Å². The monoisotopic (exact) mass is 176 g/mol. The summed E-state index contributed by atoms with van der Waals surface area (Å²) >= 11 is 0.338. The Labute approximate surface area is 54.9 Å². The van der Waals surface area contributed by atoms with Gasteiger partial charge in [0.1, 0.15) is 0 Å². The Morgan fingerprint density at radius 2 is 2.62 bits per heavy atom. The van der Waals surface area contributed by atoms with Crippen molar-refractivity contribution in [1.82, 2.24) is 9.19 Å². The third-order valence-corrected chi connectivity index (χ3v) is 2.07. The summed E-state index contributed by atoms with van der Waals surface area (Å²) in [5.41, 5.74) is 1.19. The molecule has 0 radical (unpaired) electrons. The molecule has 1 rings (SSSR count). The first-order valence-corrected chi connectivity index (χ1v) is 4.45. The molecular weight excluding hydrogens is 167 g/mol. The average molecular weight is 175 g/mol. The minimum absolute atomic E-state index is 0.338. The summed E-state index contributed by atoms with van der Waals surface area (Å²) < 4.78 is 3.88. The second kappa shape index (κ2) is 3.00. The van der Waals surface area contributed by atoms with Crippen LogP contribution in [0.15, 0.2) is 4.94 Å². The van der Waals surface area contributed by atoms with Gasteiger partial charge in [0.2, 0.25) is 0 Å². The molecule has 0 aliphatic heterocycles. The number of aryl methyl sites for hydroxylation is 1. The topological polar surface area (TPSA) is 25.8 Å². The van der Waals surface area contributed by atoms with E-state index in [9.17, 15) is 0 Å². The van der Waals surface area contributed by atoms with E-state index >= 15 is 0 Å². The van der Waals surface area contributed by atoms with Gasteiger partial charge < -0.3 is 0 Å². The molecule has 0 spiro atoms. The fourth-order valence-corrected chi connectivity index (χ4v) is 1.57. The maximum atomic E-state index is 3.94. The fourth-order valence-electron chi connectivity index (χ4n) is 0.549. The van der Waals surface area contributed by atoms with Crippen LogP contribution in [0.5, 0.6) is 0 Å². The molecule has 0 N–H and O–H groups in total. The fraction of sp³-hybridized carbons (Fsp3) is 0.600. The Hall–Kier alpha value is -0.141. The van der Waals surface area contributed by atoms with Gasteiger partial charge in [-0.15, -0.1) is 0 Å². The third kappa shape index (κ3) is 1.42. The van der Waals surface area contributed by atoms with E-state index in [1.807, 2.05) is 0 Å². The van der Waals surface area contributed by atoms with Crippen molar-refractivity contribution in [2.45, 2.75) is 19.8 Å². The molecule has 8 heavy (non-hydrogen) atoms. The molecule has 0 atom stereocenters. The van der Waals surface area contributed by atoms with Gasteiger partial charge in [-0.3, -0.25) is 0 Å². The van der Waals surface area contributed by atoms with Gasteiger partial charge in [0.25, 0.3) is 0 Å². The Balaban J connectivity index is 2.50. The Bertz CT molecular complexity index is 136. The summed E-state index contributed by atoms with van der Waals surface area (Å²) in [5, 5.41) is 3.94. The zero-order valence-corrected chi connectivity index (χ0v) is 6.51. The molecule has 1 aromatic rings. The average Bonchev–Trinajstić information content (AvgIpc) is 2.19. The van der Waals surface area contributed by atoms with E-state index < -0.39 is 0 Å². The molecule has 44 valence electrons. The molecule has 0 aliphatic rings. The minimum atomic E-state index is 0.338. The molecule has 2 nitrogen and oxygen atoms in total. The van der Waals surface area contributed by atoms with Crippen molar-refractivity contribution in [1.29, 1.82) is 0 Å². The Kier molecular flexibility index (Phi) is 2.25. The zero-order chi connectivity index (χ0) is 5.82. The summed E-state index contributed by atoms with van der Waals surface area (Å²) in [6.07, 6.45) is 2.28. The van der Waals surface area contributed by atoms with Crippen LogP contribution in [0, 0.1) is 0 Å². The normalized spacial score (nSPS) is 9.62. The van der Waals surface area contributed by atoms with Crippen LogP contribution in [0.1, 0.15) is 19.0 Å². The van der Waals surface area contributed by atoms with Gasteiger partial charge in [-0.1, -0.05) is 0 Å². The summed E-state index contributed by atoms with van der Waals surface area (Å²) in [4.78, 5) is 2.14. The van der Waals surface area contributed by atoms with Crippen molar-refractivity contribution in [2.24, 2.45) is 0 Å². The van der Waals surface area contributed by atoms with E-state index in [1.165, 1.54) is 12.1 Å². The van der Waals surface area contributed by atoms with Crippen LogP contribution < -0.4 is 0 Å². The molecule has 0 bridgehead atoms. The summed E-state index contributed by atoms with van der Waals surface area (Å²) in [6.45, 7) is 2.15. The molecule has 0 unspecified atom stereocenters. The van der Waals surface area contributed by atoms with Gasteiger partial charge in [0, 0.05) is 0 Å². The van der Waals surface area contributed by atoms with Gasteiger partial charge in [-0.05, 0) is 0 Å². The van der Waals surface area contributed by atoms with E-state index in [4.69, 9.17) is 0 Å². The Morgan fingerprint density at radius 1 is 1.75 bits per heavy atom. The van der Waals surface area contributed by atoms with Crippen LogP contribution in [0.2, 0.25) is 0 Å². The molecule has 3 heteroatoms. The predicted molar refractivity (Wildman–Crippen MR) is 33.0 cm³/mol. The van der Waals surface area contributed by atoms with Crippen molar-refractivity contribution in [3.63, 3.8) is 0 Å². The predicted octanol–water partition coefficient (Wildman–Crippen LogP) is 0.486. The van der Waals surface area contributed by atoms with Crippen LogP contribution in [-0.4, -0.2) is 23.9 Å². The van der Waals surface area contributed by atoms with Gasteiger partial charge in [-0.25, -0.2) is 0 Å². The first-order chi connectivity index (χ1) is 3.93. The van der Waals surface area contributed by atoms with Crippen LogP contribution in [0.25, 0.3) is 0 Å². The van der Waals surface area contributed by atoms with Crippen molar-refractivity contribution in [3.8, 4) is 0 Å². The first kappa shape index (κ1) is 5.99. The second-order valence-corrected chi connectivity index (χ2v) is 2.93. The molecular formula is C5H8N2Se. The van der Waals surface area contributed by atoms with Crippen LogP contribution in [0.3, 0.4) is 0 Å². The van der Waals surface area contributed by atoms with Crippen molar-refractivity contribution < 1.29 is 0 Å². The molecule has 0 saturated heterocycles. The van der Waals surface area contributed by atoms with E-state index in [-0.39, 0.29) is 0 Å². The maximum absolute atomic E-state index is 3.94. The van der Waals surface area contributed by atoms with E-state index in [2.05, 4.69) is 21.1 Å². The molecule has 0 amide bonds. The SMILES string of the molecule is CCCc1c[se]nn1. The standard InChI is InChI=1S/C5H8N2Se/c1-2-3-5-4-8-7-6-5/h4H,2-3H2,1H3. The quantitative estimate of drug-likeness (QED) is 0.611. The molecule has 0 saturated carbocycles. The van der Waals surface area contributed by atoms with Crippen molar-refractivity contribution in [2.75, 3.05) is 0 Å². The van der Waals surface area contributed by atoms with Crippen molar-refractivity contribution >= 4 is 14.7 Å². The Morgan fingerprint density at radius 3 is 3.12 bits per heavy atom. The summed E-state index contributed by atoms with van der Waals surface area (Å²) in [6, 6.07) is 0. The molecule has 0 aliphatic carbocycles.